The van der Waals surface area contributed by atoms with Crippen LogP contribution in [0.2, 0.25) is 0 Å². The molecule has 2 aromatic rings. The SMILES string of the molecule is COc1ccc(C(=O)N2CCC(Oc3ccnc(C)n3)CC2)c(OC)c1. The molecule has 3 rings (SSSR count). The predicted molar refractivity (Wildman–Crippen MR) is 95.9 cm³/mol. The molecule has 0 aliphatic carbocycles. The molecule has 138 valence electrons. The number of carbonyl (C=O) groups excluding carboxylic acids is 1. The maximum Gasteiger partial charge on any atom is 0.257 e. The number of ether oxygens (including phenoxy) is 3. The standard InChI is InChI=1S/C19H23N3O4/c1-13-20-9-6-18(21-13)26-14-7-10-22(11-8-14)19(23)16-5-4-15(24-2)12-17(16)25-3/h4-6,9,12,14H,7-8,10-11H2,1-3H3. The summed E-state index contributed by atoms with van der Waals surface area (Å²) in [5.74, 6) is 2.40. The molecule has 0 N–H and O–H groups in total. The largest absolute Gasteiger partial charge is 0.497 e. The highest BCUT2D eigenvalue weighted by molar-refractivity contribution is 5.97. The lowest BCUT2D eigenvalue weighted by atomic mass is 10.1. The van der Waals surface area contributed by atoms with Crippen molar-refractivity contribution in [2.75, 3.05) is 27.3 Å². The van der Waals surface area contributed by atoms with Crippen LogP contribution in [0.1, 0.15) is 29.0 Å². The molecule has 26 heavy (non-hydrogen) atoms. The summed E-state index contributed by atoms with van der Waals surface area (Å²) in [6.07, 6.45) is 3.25. The van der Waals surface area contributed by atoms with E-state index in [1.54, 1.807) is 44.7 Å². The summed E-state index contributed by atoms with van der Waals surface area (Å²) in [7, 11) is 3.13. The summed E-state index contributed by atoms with van der Waals surface area (Å²) in [6.45, 7) is 3.09. The fraction of sp³-hybridized carbons (Fsp3) is 0.421. The molecule has 1 aromatic carbocycles. The van der Waals surface area contributed by atoms with E-state index in [0.29, 0.717) is 41.9 Å². The molecule has 7 heteroatoms. The maximum absolute atomic E-state index is 12.8. The number of carbonyl (C=O) groups is 1. The highest BCUT2D eigenvalue weighted by Crippen LogP contribution is 2.27. The number of aromatic nitrogens is 2. The van der Waals surface area contributed by atoms with Crippen molar-refractivity contribution in [3.8, 4) is 17.4 Å². The van der Waals surface area contributed by atoms with Crippen LogP contribution in [-0.2, 0) is 0 Å². The number of likely N-dealkylation sites (tertiary alicyclic amines) is 1. The zero-order valence-electron chi connectivity index (χ0n) is 15.3. The van der Waals surface area contributed by atoms with Crippen LogP contribution in [0.25, 0.3) is 0 Å². The molecule has 2 heterocycles. The number of hydrogen-bond donors (Lipinski definition) is 0. The van der Waals surface area contributed by atoms with E-state index in [1.165, 1.54) is 0 Å². The summed E-state index contributed by atoms with van der Waals surface area (Å²) < 4.78 is 16.4. The first-order chi connectivity index (χ1) is 12.6. The van der Waals surface area contributed by atoms with Crippen molar-refractivity contribution in [2.45, 2.75) is 25.9 Å². The highest BCUT2D eigenvalue weighted by atomic mass is 16.5. The van der Waals surface area contributed by atoms with Gasteiger partial charge < -0.3 is 19.1 Å². The number of rotatable bonds is 5. The van der Waals surface area contributed by atoms with Gasteiger partial charge in [0.2, 0.25) is 5.88 Å². The first kappa shape index (κ1) is 18.0. The lowest BCUT2D eigenvalue weighted by Crippen LogP contribution is -2.42. The Morgan fingerprint density at radius 3 is 2.58 bits per heavy atom. The van der Waals surface area contributed by atoms with E-state index in [9.17, 15) is 4.79 Å². The van der Waals surface area contributed by atoms with Gasteiger partial charge in [0.1, 0.15) is 23.4 Å². The van der Waals surface area contributed by atoms with Crippen LogP contribution >= 0.6 is 0 Å². The van der Waals surface area contributed by atoms with Crippen molar-refractivity contribution in [1.29, 1.82) is 0 Å². The average molecular weight is 357 g/mol. The van der Waals surface area contributed by atoms with Crippen LogP contribution < -0.4 is 14.2 Å². The summed E-state index contributed by atoms with van der Waals surface area (Å²) in [4.78, 5) is 23.0. The van der Waals surface area contributed by atoms with Gasteiger partial charge in [-0.25, -0.2) is 4.98 Å². The van der Waals surface area contributed by atoms with Crippen LogP contribution in [0.3, 0.4) is 0 Å². The van der Waals surface area contributed by atoms with Crippen molar-refractivity contribution >= 4 is 5.91 Å². The van der Waals surface area contributed by atoms with Crippen molar-refractivity contribution in [3.63, 3.8) is 0 Å². The Bertz CT molecular complexity index is 773. The molecule has 1 aliphatic rings. The lowest BCUT2D eigenvalue weighted by molar-refractivity contribution is 0.0584. The Morgan fingerprint density at radius 2 is 1.92 bits per heavy atom. The van der Waals surface area contributed by atoms with Crippen LogP contribution in [-0.4, -0.2) is 54.2 Å². The van der Waals surface area contributed by atoms with Gasteiger partial charge in [-0.2, -0.15) is 4.98 Å². The molecule has 1 fully saturated rings. The second kappa shape index (κ2) is 8.03. The van der Waals surface area contributed by atoms with E-state index in [0.717, 1.165) is 12.8 Å². The van der Waals surface area contributed by atoms with Crippen molar-refractivity contribution in [3.05, 3.63) is 41.9 Å². The van der Waals surface area contributed by atoms with E-state index in [-0.39, 0.29) is 12.0 Å². The molecule has 0 spiro atoms. The molecule has 0 unspecified atom stereocenters. The van der Waals surface area contributed by atoms with Gasteiger partial charge >= 0.3 is 0 Å². The number of nitrogens with zero attached hydrogens (tertiary/aromatic N) is 3. The molecule has 1 saturated heterocycles. The second-order valence-electron chi connectivity index (χ2n) is 6.12. The van der Waals surface area contributed by atoms with Crippen LogP contribution in [0, 0.1) is 6.92 Å². The van der Waals surface area contributed by atoms with E-state index in [2.05, 4.69) is 9.97 Å². The van der Waals surface area contributed by atoms with Gasteiger partial charge in [-0.3, -0.25) is 4.79 Å². The molecule has 0 saturated carbocycles. The third-order valence-corrected chi connectivity index (χ3v) is 4.41. The van der Waals surface area contributed by atoms with Crippen LogP contribution in [0.5, 0.6) is 17.4 Å². The number of aryl methyl sites for hydroxylation is 1. The van der Waals surface area contributed by atoms with E-state index in [4.69, 9.17) is 14.2 Å². The molecule has 7 nitrogen and oxygen atoms in total. The molecule has 0 bridgehead atoms. The summed E-state index contributed by atoms with van der Waals surface area (Å²) >= 11 is 0. The number of methoxy groups -OCH3 is 2. The van der Waals surface area contributed by atoms with E-state index in [1.807, 2.05) is 11.8 Å². The van der Waals surface area contributed by atoms with Crippen molar-refractivity contribution in [1.82, 2.24) is 14.9 Å². The summed E-state index contributed by atoms with van der Waals surface area (Å²) in [5.41, 5.74) is 0.541. The van der Waals surface area contributed by atoms with E-state index < -0.39 is 0 Å². The van der Waals surface area contributed by atoms with Gasteiger partial charge in [-0.1, -0.05) is 0 Å². The van der Waals surface area contributed by atoms with Gasteiger partial charge in [0.05, 0.1) is 19.8 Å². The Morgan fingerprint density at radius 1 is 1.15 bits per heavy atom. The minimum absolute atomic E-state index is 0.0409. The lowest BCUT2D eigenvalue weighted by Gasteiger charge is -2.32. The molecule has 1 aromatic heterocycles. The average Bonchev–Trinajstić information content (AvgIpc) is 2.67. The number of hydrogen-bond acceptors (Lipinski definition) is 6. The molecular weight excluding hydrogens is 334 g/mol. The zero-order chi connectivity index (χ0) is 18.5. The Kier molecular flexibility index (Phi) is 5.55. The summed E-state index contributed by atoms with van der Waals surface area (Å²) in [5, 5.41) is 0. The maximum atomic E-state index is 12.8. The fourth-order valence-electron chi connectivity index (χ4n) is 2.99. The molecule has 1 aliphatic heterocycles. The van der Waals surface area contributed by atoms with Gasteiger partial charge in [-0.05, 0) is 19.1 Å². The monoisotopic (exact) mass is 357 g/mol. The van der Waals surface area contributed by atoms with Gasteiger partial charge in [-0.15, -0.1) is 0 Å². The summed E-state index contributed by atoms with van der Waals surface area (Å²) in [6, 6.07) is 6.99. The quantitative estimate of drug-likeness (QED) is 0.818. The van der Waals surface area contributed by atoms with Gasteiger partial charge in [0.25, 0.3) is 5.91 Å². The van der Waals surface area contributed by atoms with Gasteiger partial charge in [0.15, 0.2) is 0 Å². The second-order valence-corrected chi connectivity index (χ2v) is 6.12. The number of benzene rings is 1. The molecule has 1 amide bonds. The number of piperidine rings is 1. The fourth-order valence-corrected chi connectivity index (χ4v) is 2.99. The molecule has 0 radical (unpaired) electrons. The first-order valence-electron chi connectivity index (χ1n) is 8.58. The Labute approximate surface area is 152 Å². The van der Waals surface area contributed by atoms with Crippen molar-refractivity contribution < 1.29 is 19.0 Å². The third-order valence-electron chi connectivity index (χ3n) is 4.41. The van der Waals surface area contributed by atoms with E-state index >= 15 is 0 Å². The molecule has 0 atom stereocenters. The topological polar surface area (TPSA) is 73.8 Å². The minimum Gasteiger partial charge on any atom is -0.497 e. The van der Waals surface area contributed by atoms with Crippen molar-refractivity contribution in [2.24, 2.45) is 0 Å². The smallest absolute Gasteiger partial charge is 0.257 e. The number of amides is 1. The Hall–Kier alpha value is -2.83. The Balaban J connectivity index is 1.62. The normalized spacial score (nSPS) is 14.8. The highest BCUT2D eigenvalue weighted by Gasteiger charge is 2.26. The predicted octanol–water partition coefficient (Wildman–Crippen LogP) is 2.49. The van der Waals surface area contributed by atoms with Crippen LogP contribution in [0.15, 0.2) is 30.5 Å². The van der Waals surface area contributed by atoms with Gasteiger partial charge in [0, 0.05) is 44.3 Å². The first-order valence-corrected chi connectivity index (χ1v) is 8.58. The van der Waals surface area contributed by atoms with Crippen LogP contribution in [0.4, 0.5) is 0 Å². The minimum atomic E-state index is -0.0409. The third kappa shape index (κ3) is 4.04. The zero-order valence-corrected chi connectivity index (χ0v) is 15.3. The molecular formula is C19H23N3O4.